The lowest BCUT2D eigenvalue weighted by Gasteiger charge is -2.23. The first-order valence-electron chi connectivity index (χ1n) is 11.8. The van der Waals surface area contributed by atoms with Crippen molar-refractivity contribution >= 4 is 28.8 Å². The Morgan fingerprint density at radius 1 is 0.947 bits per heavy atom. The number of methoxy groups -OCH3 is 2. The Kier molecular flexibility index (Phi) is 7.75. The number of hydrogen-bond acceptors (Lipinski definition) is 9. The first kappa shape index (κ1) is 26.4. The van der Waals surface area contributed by atoms with E-state index in [1.165, 1.54) is 11.7 Å². The number of allylic oxidation sites excluding steroid dienone is 1. The number of benzene rings is 2. The van der Waals surface area contributed by atoms with Gasteiger partial charge in [-0.1, -0.05) is 12.1 Å². The highest BCUT2D eigenvalue weighted by Crippen LogP contribution is 2.39. The Hall–Kier alpha value is -4.67. The molecule has 9 nitrogen and oxygen atoms in total. The second kappa shape index (κ2) is 11.2. The van der Waals surface area contributed by atoms with Gasteiger partial charge >= 0.3 is 0 Å². The Morgan fingerprint density at radius 2 is 1.55 bits per heavy atom. The van der Waals surface area contributed by atoms with Gasteiger partial charge in [0.2, 0.25) is 0 Å². The fourth-order valence-corrected chi connectivity index (χ4v) is 5.45. The number of aromatic nitrogens is 1. The summed E-state index contributed by atoms with van der Waals surface area (Å²) < 4.78 is 24.0. The molecule has 4 rings (SSSR count). The molecule has 1 atom stereocenters. The third-order valence-corrected chi connectivity index (χ3v) is 7.10. The van der Waals surface area contributed by atoms with Crippen molar-refractivity contribution in [2.24, 2.45) is 5.73 Å². The van der Waals surface area contributed by atoms with Crippen LogP contribution in [0.5, 0.6) is 23.0 Å². The summed E-state index contributed by atoms with van der Waals surface area (Å²) in [6.07, 6.45) is 1.69. The molecule has 2 aromatic carbocycles. The third kappa shape index (κ3) is 4.58. The van der Waals surface area contributed by atoms with Crippen molar-refractivity contribution in [2.45, 2.75) is 19.8 Å². The van der Waals surface area contributed by atoms with Gasteiger partial charge in [-0.15, -0.1) is 11.3 Å². The molecule has 0 spiro atoms. The Labute approximate surface area is 223 Å². The van der Waals surface area contributed by atoms with E-state index in [0.717, 1.165) is 11.3 Å². The minimum atomic E-state index is -0.772. The molecule has 38 heavy (non-hydrogen) atoms. The van der Waals surface area contributed by atoms with E-state index in [0.29, 0.717) is 56.5 Å². The maximum atomic E-state index is 13.4. The molecule has 10 heteroatoms. The van der Waals surface area contributed by atoms with Gasteiger partial charge in [-0.2, -0.15) is 10.5 Å². The summed E-state index contributed by atoms with van der Waals surface area (Å²) in [5.41, 5.74) is 7.65. The van der Waals surface area contributed by atoms with Gasteiger partial charge in [0.25, 0.3) is 5.56 Å². The number of nitriles is 2. The van der Waals surface area contributed by atoms with Crippen LogP contribution in [0.15, 0.2) is 46.8 Å². The van der Waals surface area contributed by atoms with E-state index in [9.17, 15) is 15.3 Å². The monoisotopic (exact) mass is 530 g/mol. The molecule has 0 bridgehead atoms. The molecule has 0 unspecified atom stereocenters. The quantitative estimate of drug-likeness (QED) is 0.470. The van der Waals surface area contributed by atoms with Gasteiger partial charge in [0.1, 0.15) is 10.5 Å². The molecule has 0 saturated carbocycles. The van der Waals surface area contributed by atoms with Gasteiger partial charge in [0.15, 0.2) is 23.0 Å². The van der Waals surface area contributed by atoms with Gasteiger partial charge in [0.05, 0.1) is 61.2 Å². The normalized spacial score (nSPS) is 14.9. The summed E-state index contributed by atoms with van der Waals surface area (Å²) in [6, 6.07) is 14.9. The lowest BCUT2D eigenvalue weighted by Crippen LogP contribution is -2.38. The summed E-state index contributed by atoms with van der Waals surface area (Å²) in [6.45, 7) is 4.68. The zero-order valence-corrected chi connectivity index (χ0v) is 22.2. The molecular formula is C28H26N4O5S. The predicted octanol–water partition coefficient (Wildman–Crippen LogP) is 2.68. The lowest BCUT2D eigenvalue weighted by molar-refractivity contribution is 0.310. The molecule has 0 amide bonds. The molecule has 1 aromatic heterocycles. The molecule has 0 aliphatic carbocycles. The molecule has 2 heterocycles. The van der Waals surface area contributed by atoms with Crippen LogP contribution in [0.1, 0.15) is 30.9 Å². The topological polar surface area (TPSA) is 133 Å². The highest BCUT2D eigenvalue weighted by Gasteiger charge is 2.32. The number of nitrogens with two attached hydrogens (primary N) is 1. The van der Waals surface area contributed by atoms with E-state index < -0.39 is 11.5 Å². The molecule has 3 aromatic rings. The Balaban J connectivity index is 1.95. The largest absolute Gasteiger partial charge is 0.493 e. The minimum absolute atomic E-state index is 0.00970. The van der Waals surface area contributed by atoms with E-state index in [1.807, 2.05) is 13.8 Å². The van der Waals surface area contributed by atoms with E-state index in [2.05, 4.69) is 12.1 Å². The smallest absolute Gasteiger partial charge is 0.274 e. The third-order valence-electron chi connectivity index (χ3n) is 6.00. The summed E-state index contributed by atoms with van der Waals surface area (Å²) in [5, 5.41) is 20.3. The van der Waals surface area contributed by atoms with Crippen molar-refractivity contribution in [3.05, 3.63) is 72.6 Å². The maximum Gasteiger partial charge on any atom is 0.274 e. The van der Waals surface area contributed by atoms with Crippen molar-refractivity contribution in [1.29, 1.82) is 10.5 Å². The Bertz CT molecular complexity index is 1690. The van der Waals surface area contributed by atoms with Crippen LogP contribution in [-0.4, -0.2) is 32.0 Å². The highest BCUT2D eigenvalue weighted by molar-refractivity contribution is 7.07. The van der Waals surface area contributed by atoms with Gasteiger partial charge in [-0.25, -0.2) is 0 Å². The first-order valence-corrected chi connectivity index (χ1v) is 12.6. The van der Waals surface area contributed by atoms with Gasteiger partial charge in [0, 0.05) is 0 Å². The standard InChI is InChI=1S/C28H26N4O5S/c1-5-36-20-9-7-16(11-22(20)34-3)12-24-27(33)32-26(31)18(14-29)25(19(15-30)28(32)38-24)17-8-10-21(37-6-2)23(13-17)35-4/h7-13,25H,5-6,31H2,1-4H3/b24-12+/t25-/m1/s1. The molecule has 194 valence electrons. The number of fused-ring (bicyclic) bond motifs is 1. The summed E-state index contributed by atoms with van der Waals surface area (Å²) in [4.78, 5) is 13.4. The molecule has 0 radical (unpaired) electrons. The van der Waals surface area contributed by atoms with Crippen LogP contribution >= 0.6 is 11.3 Å². The number of thiazole rings is 1. The van der Waals surface area contributed by atoms with Crippen LogP contribution < -0.4 is 39.4 Å². The SMILES string of the molecule is CCOc1ccc(/C=c2/sc3n(c2=O)C(N)=C(C#N)[C@@H](c2ccc(OCC)c(OC)c2)C=3C#N)cc1OC. The van der Waals surface area contributed by atoms with Crippen LogP contribution in [0.2, 0.25) is 0 Å². The molecule has 0 fully saturated rings. The zero-order chi connectivity index (χ0) is 27.4. The van der Waals surface area contributed by atoms with Gasteiger partial charge in [-0.05, 0) is 55.3 Å². The average Bonchev–Trinajstić information content (AvgIpc) is 3.25. The van der Waals surface area contributed by atoms with Crippen molar-refractivity contribution < 1.29 is 18.9 Å². The van der Waals surface area contributed by atoms with Gasteiger partial charge < -0.3 is 24.7 Å². The van der Waals surface area contributed by atoms with Crippen LogP contribution in [0, 0.1) is 22.7 Å². The van der Waals surface area contributed by atoms with Crippen molar-refractivity contribution in [3.8, 4) is 35.1 Å². The van der Waals surface area contributed by atoms with Crippen LogP contribution in [0.4, 0.5) is 0 Å². The molecule has 0 saturated heterocycles. The number of ether oxygens (including phenoxy) is 4. The summed E-state index contributed by atoms with van der Waals surface area (Å²) in [5.74, 6) is 1.34. The minimum Gasteiger partial charge on any atom is -0.493 e. The van der Waals surface area contributed by atoms with Crippen LogP contribution in [0.25, 0.3) is 17.5 Å². The Morgan fingerprint density at radius 3 is 2.13 bits per heavy atom. The van der Waals surface area contributed by atoms with Crippen molar-refractivity contribution in [3.63, 3.8) is 0 Å². The van der Waals surface area contributed by atoms with Crippen LogP contribution in [-0.2, 0) is 0 Å². The summed E-state index contributed by atoms with van der Waals surface area (Å²) >= 11 is 1.14. The lowest BCUT2D eigenvalue weighted by atomic mass is 9.84. The highest BCUT2D eigenvalue weighted by atomic mass is 32.1. The zero-order valence-electron chi connectivity index (χ0n) is 21.4. The molecule has 1 aliphatic rings. The van der Waals surface area contributed by atoms with E-state index >= 15 is 0 Å². The van der Waals surface area contributed by atoms with Gasteiger partial charge in [-0.3, -0.25) is 9.36 Å². The predicted molar refractivity (Wildman–Crippen MR) is 145 cm³/mol. The molecule has 2 N–H and O–H groups in total. The van der Waals surface area contributed by atoms with E-state index in [-0.39, 0.29) is 17.0 Å². The number of rotatable bonds is 8. The fourth-order valence-electron chi connectivity index (χ4n) is 4.32. The summed E-state index contributed by atoms with van der Waals surface area (Å²) in [7, 11) is 3.06. The van der Waals surface area contributed by atoms with E-state index in [4.69, 9.17) is 24.7 Å². The second-order valence-electron chi connectivity index (χ2n) is 8.11. The average molecular weight is 531 g/mol. The van der Waals surface area contributed by atoms with Crippen LogP contribution in [0.3, 0.4) is 0 Å². The first-order chi connectivity index (χ1) is 18.4. The molecular weight excluding hydrogens is 504 g/mol. The fraction of sp³-hybridized carbons (Fsp3) is 0.250. The number of hydrogen-bond donors (Lipinski definition) is 1. The van der Waals surface area contributed by atoms with Crippen molar-refractivity contribution in [1.82, 2.24) is 4.57 Å². The molecule has 1 aliphatic heterocycles. The van der Waals surface area contributed by atoms with E-state index in [1.54, 1.807) is 49.6 Å². The van der Waals surface area contributed by atoms with Crippen molar-refractivity contribution in [2.75, 3.05) is 27.4 Å². The second-order valence-corrected chi connectivity index (χ2v) is 9.14. The maximum absolute atomic E-state index is 13.4. The number of nitrogens with zero attached hydrogens (tertiary/aromatic N) is 3.